The maximum absolute atomic E-state index is 2.60. The van der Waals surface area contributed by atoms with E-state index in [9.17, 15) is 0 Å². The van der Waals surface area contributed by atoms with Crippen molar-refractivity contribution in [1.29, 1.82) is 0 Å². The fraction of sp³-hybridized carbons (Fsp3) is 0.241. The Balaban J connectivity index is 1.32. The quantitative estimate of drug-likeness (QED) is 0.122. The SMILES string of the molecule is CC(C)(C)c1ccc(-c2c3ccccc3c(-c3ccc(C(C)(C)C)cc3)c3cc4c(cc23)C(C)(C)c2cc3c5ccccc5c5ccccc5c3cc2C4(C)C)cc1. The van der Waals surface area contributed by atoms with Gasteiger partial charge in [-0.3, -0.25) is 0 Å². The standard InChI is InChI=1S/C58H54/c1-55(2,3)37-27-23-35(24-28-37)53-43-21-15-16-22-44(43)54(36-25-29-38(30-26-36)56(4,5)6)48-34-52-51(33-47(48)53)57(7,8)49-31-45-41-19-13-11-17-39(41)40-18-12-14-20-42(40)46(45)32-50(49)58(52,9)10/h11-34H,1-10H3. The van der Waals surface area contributed by atoms with Crippen molar-refractivity contribution in [3.8, 4) is 22.3 Å². The first-order chi connectivity index (χ1) is 27.5. The fourth-order valence-electron chi connectivity index (χ4n) is 10.4. The van der Waals surface area contributed by atoms with E-state index in [0.717, 1.165) is 0 Å². The Bertz CT molecular complexity index is 2920. The molecule has 0 amide bonds. The Labute approximate surface area is 344 Å². The Morgan fingerprint density at radius 1 is 0.293 bits per heavy atom. The Morgan fingerprint density at radius 3 is 0.845 bits per heavy atom. The van der Waals surface area contributed by atoms with Gasteiger partial charge in [0.15, 0.2) is 0 Å². The first-order valence-corrected chi connectivity index (χ1v) is 21.2. The van der Waals surface area contributed by atoms with Crippen molar-refractivity contribution in [3.05, 3.63) is 179 Å². The van der Waals surface area contributed by atoms with Crippen molar-refractivity contribution in [3.63, 3.8) is 0 Å². The highest BCUT2D eigenvalue weighted by molar-refractivity contribution is 6.26. The van der Waals surface area contributed by atoms with Crippen LogP contribution in [0, 0.1) is 0 Å². The van der Waals surface area contributed by atoms with Crippen LogP contribution in [0.1, 0.15) is 103 Å². The van der Waals surface area contributed by atoms with Gasteiger partial charge in [-0.2, -0.15) is 0 Å². The molecule has 0 saturated carbocycles. The lowest BCUT2D eigenvalue weighted by Gasteiger charge is -2.44. The Kier molecular flexibility index (Phi) is 7.82. The Morgan fingerprint density at radius 2 is 0.552 bits per heavy atom. The van der Waals surface area contributed by atoms with E-state index in [2.05, 4.69) is 215 Å². The van der Waals surface area contributed by atoms with Crippen LogP contribution in [0.25, 0.3) is 76.1 Å². The van der Waals surface area contributed by atoms with Crippen molar-refractivity contribution >= 4 is 53.9 Å². The minimum absolute atomic E-state index is 0.0790. The number of rotatable bonds is 2. The molecule has 0 unspecified atom stereocenters. The summed E-state index contributed by atoms with van der Waals surface area (Å²) in [6, 6.07) is 56.3. The van der Waals surface area contributed by atoms with E-state index in [1.54, 1.807) is 0 Å². The van der Waals surface area contributed by atoms with Crippen molar-refractivity contribution in [2.45, 2.75) is 90.9 Å². The zero-order chi connectivity index (χ0) is 40.5. The van der Waals surface area contributed by atoms with Gasteiger partial charge in [0.05, 0.1) is 0 Å². The summed E-state index contributed by atoms with van der Waals surface area (Å²) in [5.74, 6) is 0. The number of fused-ring (bicyclic) bond motifs is 10. The van der Waals surface area contributed by atoms with Crippen LogP contribution in [0.2, 0.25) is 0 Å². The molecular formula is C58H54. The lowest BCUT2D eigenvalue weighted by Crippen LogP contribution is -2.36. The molecule has 1 aliphatic carbocycles. The van der Waals surface area contributed by atoms with E-state index in [0.29, 0.717) is 0 Å². The van der Waals surface area contributed by atoms with E-state index < -0.39 is 0 Å². The summed E-state index contributed by atoms with van der Waals surface area (Å²) < 4.78 is 0. The van der Waals surface area contributed by atoms with Crippen LogP contribution in [-0.4, -0.2) is 0 Å². The third kappa shape index (κ3) is 5.34. The summed E-state index contributed by atoms with van der Waals surface area (Å²) in [6.45, 7) is 23.7. The lowest BCUT2D eigenvalue weighted by atomic mass is 9.59. The molecule has 0 heterocycles. The molecule has 0 aliphatic heterocycles. The van der Waals surface area contributed by atoms with Crippen molar-refractivity contribution < 1.29 is 0 Å². The van der Waals surface area contributed by atoms with Gasteiger partial charge in [0, 0.05) is 10.8 Å². The minimum Gasteiger partial charge on any atom is -0.0616 e. The molecule has 0 atom stereocenters. The molecular weight excluding hydrogens is 697 g/mol. The molecule has 0 fully saturated rings. The topological polar surface area (TPSA) is 0 Å². The highest BCUT2D eigenvalue weighted by Gasteiger charge is 2.43. The number of hydrogen-bond acceptors (Lipinski definition) is 0. The molecule has 0 heteroatoms. The molecule has 58 heavy (non-hydrogen) atoms. The summed E-state index contributed by atoms with van der Waals surface area (Å²) in [5.41, 5.74) is 13.2. The van der Waals surface area contributed by atoms with Gasteiger partial charge in [-0.15, -0.1) is 0 Å². The van der Waals surface area contributed by atoms with Gasteiger partial charge >= 0.3 is 0 Å². The van der Waals surface area contributed by atoms with E-state index >= 15 is 0 Å². The fourth-order valence-corrected chi connectivity index (χ4v) is 10.4. The molecule has 0 spiro atoms. The second kappa shape index (κ2) is 12.4. The van der Waals surface area contributed by atoms with Gasteiger partial charge in [-0.1, -0.05) is 191 Å². The normalized spacial score (nSPS) is 15.0. The third-order valence-electron chi connectivity index (χ3n) is 13.8. The Hall–Kier alpha value is -5.72. The van der Waals surface area contributed by atoms with E-state index in [-0.39, 0.29) is 21.7 Å². The summed E-state index contributed by atoms with van der Waals surface area (Å²) in [4.78, 5) is 0. The zero-order valence-electron chi connectivity index (χ0n) is 35.9. The van der Waals surface area contributed by atoms with E-state index in [4.69, 9.17) is 0 Å². The van der Waals surface area contributed by atoms with Crippen molar-refractivity contribution in [2.75, 3.05) is 0 Å². The zero-order valence-corrected chi connectivity index (χ0v) is 35.9. The van der Waals surface area contributed by atoms with Gasteiger partial charge < -0.3 is 0 Å². The van der Waals surface area contributed by atoms with Crippen LogP contribution >= 0.6 is 0 Å². The average molecular weight is 751 g/mol. The predicted octanol–water partition coefficient (Wildman–Crippen LogP) is 16.3. The summed E-state index contributed by atoms with van der Waals surface area (Å²) in [5, 5.41) is 13.2. The first kappa shape index (κ1) is 36.6. The van der Waals surface area contributed by atoms with Crippen LogP contribution < -0.4 is 0 Å². The third-order valence-corrected chi connectivity index (χ3v) is 13.8. The molecule has 1 aliphatic rings. The molecule has 0 radical (unpaired) electrons. The smallest absolute Gasteiger partial charge is 0.0153 e. The second-order valence-corrected chi connectivity index (χ2v) is 20.2. The maximum Gasteiger partial charge on any atom is 0.0153 e. The number of hydrogen-bond donors (Lipinski definition) is 0. The molecule has 9 aromatic rings. The molecule has 0 aromatic heterocycles. The minimum atomic E-state index is -0.247. The van der Waals surface area contributed by atoms with Gasteiger partial charge in [-0.05, 0) is 145 Å². The van der Waals surface area contributed by atoms with E-state index in [1.165, 1.54) is 109 Å². The van der Waals surface area contributed by atoms with Gasteiger partial charge in [0.25, 0.3) is 0 Å². The second-order valence-electron chi connectivity index (χ2n) is 20.2. The summed E-state index contributed by atoms with van der Waals surface area (Å²) in [7, 11) is 0. The molecule has 0 N–H and O–H groups in total. The van der Waals surface area contributed by atoms with Gasteiger partial charge in [0.1, 0.15) is 0 Å². The monoisotopic (exact) mass is 750 g/mol. The maximum atomic E-state index is 2.60. The first-order valence-electron chi connectivity index (χ1n) is 21.2. The summed E-state index contributed by atoms with van der Waals surface area (Å²) in [6.07, 6.45) is 0. The van der Waals surface area contributed by atoms with Crippen molar-refractivity contribution in [2.24, 2.45) is 0 Å². The van der Waals surface area contributed by atoms with Crippen LogP contribution in [0.4, 0.5) is 0 Å². The van der Waals surface area contributed by atoms with Gasteiger partial charge in [-0.25, -0.2) is 0 Å². The highest BCUT2D eigenvalue weighted by Crippen LogP contribution is 2.55. The van der Waals surface area contributed by atoms with Gasteiger partial charge in [0.2, 0.25) is 0 Å². The largest absolute Gasteiger partial charge is 0.0616 e. The predicted molar refractivity (Wildman–Crippen MR) is 253 cm³/mol. The van der Waals surface area contributed by atoms with Crippen LogP contribution in [0.5, 0.6) is 0 Å². The molecule has 10 rings (SSSR count). The number of benzene rings is 9. The van der Waals surface area contributed by atoms with Crippen LogP contribution in [0.15, 0.2) is 146 Å². The summed E-state index contributed by atoms with van der Waals surface area (Å²) >= 11 is 0. The lowest BCUT2D eigenvalue weighted by molar-refractivity contribution is 0.523. The highest BCUT2D eigenvalue weighted by atomic mass is 14.5. The van der Waals surface area contributed by atoms with Crippen LogP contribution in [0.3, 0.4) is 0 Å². The van der Waals surface area contributed by atoms with Crippen LogP contribution in [-0.2, 0) is 21.7 Å². The average Bonchev–Trinajstić information content (AvgIpc) is 3.21. The molecule has 286 valence electrons. The van der Waals surface area contributed by atoms with Crippen molar-refractivity contribution in [1.82, 2.24) is 0 Å². The molecule has 0 nitrogen and oxygen atoms in total. The van der Waals surface area contributed by atoms with E-state index in [1.807, 2.05) is 0 Å². The molecule has 0 bridgehead atoms. The molecule has 0 saturated heterocycles. The molecule has 9 aromatic carbocycles.